The second-order valence-electron chi connectivity index (χ2n) is 8.55. The molecule has 0 saturated carbocycles. The van der Waals surface area contributed by atoms with E-state index in [1.165, 1.54) is 11.8 Å². The molecule has 0 spiro atoms. The van der Waals surface area contributed by atoms with Crippen molar-refractivity contribution in [2.75, 3.05) is 46.1 Å². The van der Waals surface area contributed by atoms with Crippen LogP contribution in [-0.4, -0.2) is 75.1 Å². The Labute approximate surface area is 205 Å². The number of pyridine rings is 1. The van der Waals surface area contributed by atoms with Gasteiger partial charge in [-0.3, -0.25) is 9.69 Å². The Hall–Kier alpha value is -3.15. The maximum Gasteiger partial charge on any atom is 0.261 e. The van der Waals surface area contributed by atoms with E-state index in [1.54, 1.807) is 15.3 Å². The third-order valence-corrected chi connectivity index (χ3v) is 7.15. The predicted octanol–water partition coefficient (Wildman–Crippen LogP) is 2.22. The lowest BCUT2D eigenvalue weighted by Crippen LogP contribution is -2.37. The van der Waals surface area contributed by atoms with Crippen molar-refractivity contribution in [1.82, 2.24) is 29.0 Å². The van der Waals surface area contributed by atoms with Gasteiger partial charge in [-0.15, -0.1) is 5.10 Å². The molecule has 1 aromatic carbocycles. The normalized spacial score (nSPS) is 16.2. The number of benzene rings is 1. The van der Waals surface area contributed by atoms with Crippen LogP contribution in [0.2, 0.25) is 0 Å². The van der Waals surface area contributed by atoms with Crippen LogP contribution < -0.4 is 15.0 Å². The molecule has 1 saturated heterocycles. The van der Waals surface area contributed by atoms with Gasteiger partial charge in [0.2, 0.25) is 5.16 Å². The molecule has 3 aromatic heterocycles. The van der Waals surface area contributed by atoms with E-state index in [9.17, 15) is 4.79 Å². The fourth-order valence-corrected chi connectivity index (χ4v) is 5.15. The molecule has 10 nitrogen and oxygen atoms in total. The number of nitrogens with zero attached hydrogens (tertiary/aromatic N) is 6. The average Bonchev–Trinajstić information content (AvgIpc) is 3.33. The van der Waals surface area contributed by atoms with Gasteiger partial charge in [0.05, 0.1) is 24.1 Å². The zero-order valence-corrected chi connectivity index (χ0v) is 20.1. The van der Waals surface area contributed by atoms with Crippen molar-refractivity contribution in [1.29, 1.82) is 0 Å². The van der Waals surface area contributed by atoms with E-state index in [1.807, 2.05) is 30.5 Å². The monoisotopic (exact) mass is 494 g/mol. The minimum absolute atomic E-state index is 0.0557. The van der Waals surface area contributed by atoms with Gasteiger partial charge in [-0.1, -0.05) is 17.8 Å². The van der Waals surface area contributed by atoms with Gasteiger partial charge < -0.3 is 18.8 Å². The Bertz CT molecular complexity index is 1410. The molecule has 5 heterocycles. The number of hydrogen-bond donors (Lipinski definition) is 0. The van der Waals surface area contributed by atoms with E-state index in [-0.39, 0.29) is 5.56 Å². The van der Waals surface area contributed by atoms with Gasteiger partial charge in [0, 0.05) is 44.3 Å². The van der Waals surface area contributed by atoms with Gasteiger partial charge in [0.15, 0.2) is 11.5 Å². The second kappa shape index (κ2) is 9.84. The first kappa shape index (κ1) is 22.3. The third-order valence-electron chi connectivity index (χ3n) is 6.24. The Morgan fingerprint density at radius 2 is 1.86 bits per heavy atom. The van der Waals surface area contributed by atoms with Crippen molar-refractivity contribution >= 4 is 28.4 Å². The highest BCUT2D eigenvalue weighted by Crippen LogP contribution is 2.32. The van der Waals surface area contributed by atoms with Crippen LogP contribution in [0.3, 0.4) is 0 Å². The lowest BCUT2D eigenvalue weighted by atomic mass is 10.2. The number of morpholine rings is 1. The molecule has 0 atom stereocenters. The molecule has 11 heteroatoms. The summed E-state index contributed by atoms with van der Waals surface area (Å²) < 4.78 is 20.1. The summed E-state index contributed by atoms with van der Waals surface area (Å²) in [4.78, 5) is 24.4. The van der Waals surface area contributed by atoms with Gasteiger partial charge in [0.25, 0.3) is 11.3 Å². The summed E-state index contributed by atoms with van der Waals surface area (Å²) in [5, 5.41) is 5.77. The van der Waals surface area contributed by atoms with Crippen molar-refractivity contribution in [3.8, 4) is 11.5 Å². The molecule has 35 heavy (non-hydrogen) atoms. The van der Waals surface area contributed by atoms with E-state index >= 15 is 0 Å². The summed E-state index contributed by atoms with van der Waals surface area (Å²) in [5.41, 5.74) is 1.75. The van der Waals surface area contributed by atoms with E-state index in [0.717, 1.165) is 56.3 Å². The molecule has 0 unspecified atom stereocenters. The van der Waals surface area contributed by atoms with Crippen molar-refractivity contribution in [3.05, 3.63) is 52.6 Å². The topological polar surface area (TPSA) is 96.0 Å². The van der Waals surface area contributed by atoms with Crippen molar-refractivity contribution in [2.24, 2.45) is 0 Å². The Balaban J connectivity index is 1.17. The largest absolute Gasteiger partial charge is 0.486 e. The second-order valence-corrected chi connectivity index (χ2v) is 9.49. The highest BCUT2D eigenvalue weighted by atomic mass is 32.2. The molecule has 182 valence electrons. The molecule has 6 rings (SSSR count). The van der Waals surface area contributed by atoms with Crippen LogP contribution in [0.25, 0.3) is 16.7 Å². The van der Waals surface area contributed by atoms with E-state index in [0.29, 0.717) is 47.3 Å². The zero-order chi connectivity index (χ0) is 23.6. The first-order chi connectivity index (χ1) is 17.2. The molecule has 0 amide bonds. The van der Waals surface area contributed by atoms with Crippen LogP contribution in [0.1, 0.15) is 12.0 Å². The van der Waals surface area contributed by atoms with Gasteiger partial charge in [-0.05, 0) is 30.2 Å². The number of aryl methyl sites for hydroxylation is 1. The zero-order valence-electron chi connectivity index (χ0n) is 19.3. The Kier molecular flexibility index (Phi) is 6.28. The van der Waals surface area contributed by atoms with Crippen LogP contribution in [0.5, 0.6) is 11.5 Å². The number of rotatable bonds is 7. The lowest BCUT2D eigenvalue weighted by Gasteiger charge is -2.26. The van der Waals surface area contributed by atoms with Gasteiger partial charge in [-0.25, -0.2) is 4.98 Å². The molecule has 4 aromatic rings. The molecule has 0 N–H and O–H groups in total. The molecule has 1 fully saturated rings. The standard InChI is InChI=1S/C24H26N6O4S/c31-22-18-15-25-23-26-24(35-16-17-2-3-20-21(14-17)34-13-12-33-20)27-30(23)19(18)4-7-29(22)6-1-5-28-8-10-32-11-9-28/h2-4,7,14-15H,1,5-6,8-13,16H2. The summed E-state index contributed by atoms with van der Waals surface area (Å²) in [7, 11) is 0. The minimum atomic E-state index is -0.0557. The number of ether oxygens (including phenoxy) is 3. The van der Waals surface area contributed by atoms with Crippen LogP contribution in [0, 0.1) is 0 Å². The van der Waals surface area contributed by atoms with Crippen LogP contribution in [0.4, 0.5) is 0 Å². The fourth-order valence-electron chi connectivity index (χ4n) is 4.39. The Morgan fingerprint density at radius 1 is 1.00 bits per heavy atom. The molecular formula is C24H26N6O4S. The number of aromatic nitrogens is 5. The SMILES string of the molecule is O=c1c2cnc3nc(SCc4ccc5c(c4)OCCO5)nn3c2ccn1CCCN1CCOCC1. The number of hydrogen-bond acceptors (Lipinski definition) is 9. The van der Waals surface area contributed by atoms with Crippen molar-refractivity contribution in [2.45, 2.75) is 23.9 Å². The summed E-state index contributed by atoms with van der Waals surface area (Å²) in [6.07, 6.45) is 4.35. The third kappa shape index (κ3) is 4.71. The molecular weight excluding hydrogens is 468 g/mol. The highest BCUT2D eigenvalue weighted by molar-refractivity contribution is 7.98. The van der Waals surface area contributed by atoms with E-state index in [4.69, 9.17) is 14.2 Å². The van der Waals surface area contributed by atoms with Gasteiger partial charge in [-0.2, -0.15) is 9.50 Å². The van der Waals surface area contributed by atoms with Crippen LogP contribution in [-0.2, 0) is 17.0 Å². The lowest BCUT2D eigenvalue weighted by molar-refractivity contribution is 0.0369. The number of thioether (sulfide) groups is 1. The first-order valence-corrected chi connectivity index (χ1v) is 12.8. The van der Waals surface area contributed by atoms with Crippen LogP contribution in [0.15, 0.2) is 46.6 Å². The van der Waals surface area contributed by atoms with Crippen molar-refractivity contribution < 1.29 is 14.2 Å². The van der Waals surface area contributed by atoms with E-state index < -0.39 is 0 Å². The van der Waals surface area contributed by atoms with E-state index in [2.05, 4.69) is 20.0 Å². The molecule has 2 aliphatic heterocycles. The molecule has 2 aliphatic rings. The maximum absolute atomic E-state index is 13.1. The smallest absolute Gasteiger partial charge is 0.261 e. The predicted molar refractivity (Wildman–Crippen MR) is 131 cm³/mol. The minimum Gasteiger partial charge on any atom is -0.486 e. The highest BCUT2D eigenvalue weighted by Gasteiger charge is 2.15. The average molecular weight is 495 g/mol. The molecule has 0 radical (unpaired) electrons. The van der Waals surface area contributed by atoms with Crippen molar-refractivity contribution in [3.63, 3.8) is 0 Å². The van der Waals surface area contributed by atoms with Gasteiger partial charge >= 0.3 is 0 Å². The fraction of sp³-hybridized carbons (Fsp3) is 0.417. The summed E-state index contributed by atoms with van der Waals surface area (Å²) in [5.74, 6) is 2.71. The number of fused-ring (bicyclic) bond motifs is 4. The van der Waals surface area contributed by atoms with Crippen LogP contribution >= 0.6 is 11.8 Å². The summed E-state index contributed by atoms with van der Waals surface area (Å²) in [6, 6.07) is 7.87. The van der Waals surface area contributed by atoms with Gasteiger partial charge in [0.1, 0.15) is 13.2 Å². The molecule has 0 bridgehead atoms. The maximum atomic E-state index is 13.1. The summed E-state index contributed by atoms with van der Waals surface area (Å²) >= 11 is 1.51. The summed E-state index contributed by atoms with van der Waals surface area (Å²) in [6.45, 7) is 6.24. The molecule has 0 aliphatic carbocycles. The first-order valence-electron chi connectivity index (χ1n) is 11.8. The quantitative estimate of drug-likeness (QED) is 0.358. The Morgan fingerprint density at radius 3 is 2.74 bits per heavy atom.